The van der Waals surface area contributed by atoms with Crippen LogP contribution in [-0.4, -0.2) is 24.8 Å². The van der Waals surface area contributed by atoms with E-state index in [-0.39, 0.29) is 22.9 Å². The normalized spacial score (nSPS) is 16.5. The molecule has 1 aliphatic rings. The highest BCUT2D eigenvalue weighted by Gasteiger charge is 2.38. The summed E-state index contributed by atoms with van der Waals surface area (Å²) in [4.78, 5) is 14.4. The maximum absolute atomic E-state index is 14.5. The Morgan fingerprint density at radius 2 is 1.79 bits per heavy atom. The molecule has 0 saturated heterocycles. The number of ether oxygens (including phenoxy) is 2. The van der Waals surface area contributed by atoms with E-state index in [0.717, 1.165) is 12.1 Å². The Morgan fingerprint density at radius 1 is 1.17 bits per heavy atom. The molecule has 0 unspecified atom stereocenters. The van der Waals surface area contributed by atoms with Gasteiger partial charge in [-0.2, -0.15) is 0 Å². The van der Waals surface area contributed by atoms with Crippen molar-refractivity contribution < 1.29 is 23.0 Å². The zero-order valence-electron chi connectivity index (χ0n) is 16.2. The molecular formula is C21H20F2N2O3S. The first-order chi connectivity index (χ1) is 13.9. The van der Waals surface area contributed by atoms with Crippen LogP contribution in [0.5, 0.6) is 5.75 Å². The number of nitrogens with zero attached hydrogens (tertiary/aromatic N) is 1. The fourth-order valence-electron chi connectivity index (χ4n) is 3.26. The van der Waals surface area contributed by atoms with Crippen molar-refractivity contribution in [3.63, 3.8) is 0 Å². The van der Waals surface area contributed by atoms with E-state index < -0.39 is 23.6 Å². The molecule has 152 valence electrons. The molecule has 2 aromatic rings. The molecule has 0 spiro atoms. The van der Waals surface area contributed by atoms with Crippen molar-refractivity contribution in [1.29, 1.82) is 0 Å². The molecule has 0 amide bonds. The second kappa shape index (κ2) is 8.57. The van der Waals surface area contributed by atoms with Crippen molar-refractivity contribution in [2.75, 3.05) is 18.6 Å². The summed E-state index contributed by atoms with van der Waals surface area (Å²) in [5, 5.41) is 3.10. The van der Waals surface area contributed by atoms with Crippen molar-refractivity contribution in [3.05, 3.63) is 70.9 Å². The Kier molecular flexibility index (Phi) is 6.12. The molecule has 0 fully saturated rings. The molecule has 0 aliphatic carbocycles. The summed E-state index contributed by atoms with van der Waals surface area (Å²) in [5.41, 5.74) is 0.881. The van der Waals surface area contributed by atoms with E-state index in [4.69, 9.17) is 21.7 Å². The fraction of sp³-hybridized carbons (Fsp3) is 0.238. The van der Waals surface area contributed by atoms with Gasteiger partial charge in [0.1, 0.15) is 17.4 Å². The molecule has 1 aliphatic heterocycles. The Labute approximate surface area is 172 Å². The highest BCUT2D eigenvalue weighted by atomic mass is 32.1. The van der Waals surface area contributed by atoms with Gasteiger partial charge < -0.3 is 14.8 Å². The standard InChI is InChI=1S/C21H20F2N2O3S/c1-4-28-20(26)17-12(2)25(13-8-10-14(27-3)11-9-13)21(29)24-19(17)18-15(22)6-5-7-16(18)23/h5-11,19H,4H2,1-3H3,(H,24,29)/t19-/m0/s1. The molecule has 2 aromatic carbocycles. The van der Waals surface area contributed by atoms with Crippen LogP contribution in [-0.2, 0) is 9.53 Å². The van der Waals surface area contributed by atoms with Crippen molar-refractivity contribution in [3.8, 4) is 5.75 Å². The number of nitrogens with one attached hydrogen (secondary N) is 1. The topological polar surface area (TPSA) is 50.8 Å². The van der Waals surface area contributed by atoms with E-state index >= 15 is 0 Å². The monoisotopic (exact) mass is 418 g/mol. The number of carbonyl (C=O) groups excluding carboxylic acids is 1. The summed E-state index contributed by atoms with van der Waals surface area (Å²) < 4.78 is 39.3. The molecule has 0 saturated carbocycles. The number of thiocarbonyl (C=S) groups is 1. The number of esters is 1. The van der Waals surface area contributed by atoms with Crippen LogP contribution in [0.15, 0.2) is 53.7 Å². The molecular weight excluding hydrogens is 398 g/mol. The van der Waals surface area contributed by atoms with E-state index in [0.29, 0.717) is 17.1 Å². The SMILES string of the molecule is CCOC(=O)C1=C(C)N(c2ccc(OC)cc2)C(=S)N[C@@H]1c1c(F)cccc1F. The lowest BCUT2D eigenvalue weighted by Crippen LogP contribution is -2.48. The number of allylic oxidation sites excluding steroid dienone is 1. The average Bonchev–Trinajstić information content (AvgIpc) is 2.68. The zero-order chi connectivity index (χ0) is 21.1. The van der Waals surface area contributed by atoms with Gasteiger partial charge in [0, 0.05) is 11.4 Å². The zero-order valence-corrected chi connectivity index (χ0v) is 17.0. The lowest BCUT2D eigenvalue weighted by Gasteiger charge is -2.37. The first-order valence-electron chi connectivity index (χ1n) is 8.95. The van der Waals surface area contributed by atoms with Crippen LogP contribution in [0.4, 0.5) is 14.5 Å². The Hall–Kier alpha value is -3.00. The van der Waals surface area contributed by atoms with Crippen molar-refractivity contribution >= 4 is 29.0 Å². The summed E-state index contributed by atoms with van der Waals surface area (Å²) in [6.07, 6.45) is 0. The summed E-state index contributed by atoms with van der Waals surface area (Å²) >= 11 is 5.47. The minimum absolute atomic E-state index is 0.0836. The molecule has 8 heteroatoms. The minimum atomic E-state index is -1.11. The highest BCUT2D eigenvalue weighted by molar-refractivity contribution is 7.80. The van der Waals surface area contributed by atoms with Crippen LogP contribution in [0, 0.1) is 11.6 Å². The molecule has 1 heterocycles. The van der Waals surface area contributed by atoms with Gasteiger partial charge in [0.05, 0.1) is 30.9 Å². The van der Waals surface area contributed by atoms with Crippen molar-refractivity contribution in [1.82, 2.24) is 5.32 Å². The predicted molar refractivity (Wildman–Crippen MR) is 110 cm³/mol. The van der Waals surface area contributed by atoms with Gasteiger partial charge in [-0.15, -0.1) is 0 Å². The largest absolute Gasteiger partial charge is 0.497 e. The maximum Gasteiger partial charge on any atom is 0.338 e. The van der Waals surface area contributed by atoms with Crippen LogP contribution in [0.1, 0.15) is 25.5 Å². The first-order valence-corrected chi connectivity index (χ1v) is 9.36. The predicted octanol–water partition coefficient (Wildman–Crippen LogP) is 4.25. The number of carbonyl (C=O) groups is 1. The summed E-state index contributed by atoms with van der Waals surface area (Å²) in [7, 11) is 1.56. The van der Waals surface area contributed by atoms with E-state index in [1.807, 2.05) is 0 Å². The third kappa shape index (κ3) is 3.93. The van der Waals surface area contributed by atoms with Gasteiger partial charge in [-0.25, -0.2) is 13.6 Å². The summed E-state index contributed by atoms with van der Waals surface area (Å²) in [6.45, 7) is 3.44. The fourth-order valence-corrected chi connectivity index (χ4v) is 3.62. The van der Waals surface area contributed by atoms with E-state index in [9.17, 15) is 13.6 Å². The number of methoxy groups -OCH3 is 1. The molecule has 1 atom stereocenters. The van der Waals surface area contributed by atoms with Gasteiger partial charge in [-0.05, 0) is 62.5 Å². The van der Waals surface area contributed by atoms with Crippen LogP contribution < -0.4 is 15.0 Å². The van der Waals surface area contributed by atoms with E-state index in [1.165, 1.54) is 6.07 Å². The number of halogens is 2. The number of hydrogen-bond acceptors (Lipinski definition) is 4. The number of hydrogen-bond donors (Lipinski definition) is 1. The molecule has 0 aromatic heterocycles. The number of anilines is 1. The molecule has 29 heavy (non-hydrogen) atoms. The Balaban J connectivity index is 2.16. The summed E-state index contributed by atoms with van der Waals surface area (Å²) in [5.74, 6) is -1.58. The quantitative estimate of drug-likeness (QED) is 0.579. The Bertz CT molecular complexity index is 956. The van der Waals surface area contributed by atoms with Crippen LogP contribution >= 0.6 is 12.2 Å². The summed E-state index contributed by atoms with van der Waals surface area (Å²) in [6, 6.07) is 9.45. The van der Waals surface area contributed by atoms with Gasteiger partial charge in [0.15, 0.2) is 5.11 Å². The number of benzene rings is 2. The number of rotatable bonds is 5. The molecule has 0 radical (unpaired) electrons. The molecule has 3 rings (SSSR count). The molecule has 1 N–H and O–H groups in total. The average molecular weight is 418 g/mol. The molecule has 0 bridgehead atoms. The van der Waals surface area contributed by atoms with E-state index in [2.05, 4.69) is 5.32 Å². The first kappa shape index (κ1) is 20.7. The lowest BCUT2D eigenvalue weighted by molar-refractivity contribution is -0.139. The minimum Gasteiger partial charge on any atom is -0.497 e. The van der Waals surface area contributed by atoms with Gasteiger partial charge in [0.2, 0.25) is 0 Å². The third-order valence-corrected chi connectivity index (χ3v) is 4.90. The van der Waals surface area contributed by atoms with E-state index in [1.54, 1.807) is 50.1 Å². The van der Waals surface area contributed by atoms with Crippen molar-refractivity contribution in [2.45, 2.75) is 19.9 Å². The van der Waals surface area contributed by atoms with Crippen LogP contribution in [0.2, 0.25) is 0 Å². The van der Waals surface area contributed by atoms with Gasteiger partial charge in [0.25, 0.3) is 0 Å². The lowest BCUT2D eigenvalue weighted by atomic mass is 9.94. The maximum atomic E-state index is 14.5. The second-order valence-electron chi connectivity index (χ2n) is 6.27. The van der Waals surface area contributed by atoms with Crippen LogP contribution in [0.3, 0.4) is 0 Å². The van der Waals surface area contributed by atoms with Crippen LogP contribution in [0.25, 0.3) is 0 Å². The molecule has 5 nitrogen and oxygen atoms in total. The second-order valence-corrected chi connectivity index (χ2v) is 6.66. The van der Waals surface area contributed by atoms with Gasteiger partial charge in [-0.3, -0.25) is 4.90 Å². The van der Waals surface area contributed by atoms with Gasteiger partial charge >= 0.3 is 5.97 Å². The third-order valence-electron chi connectivity index (χ3n) is 4.60. The van der Waals surface area contributed by atoms with Crippen molar-refractivity contribution in [2.24, 2.45) is 0 Å². The van der Waals surface area contributed by atoms with Gasteiger partial charge in [-0.1, -0.05) is 6.07 Å². The Morgan fingerprint density at radius 3 is 2.34 bits per heavy atom. The highest BCUT2D eigenvalue weighted by Crippen LogP contribution is 2.36. The smallest absolute Gasteiger partial charge is 0.338 e.